The number of methoxy groups -OCH3 is 1. The predicted octanol–water partition coefficient (Wildman–Crippen LogP) is 5.21. The van der Waals surface area contributed by atoms with E-state index in [0.717, 1.165) is 11.3 Å². The van der Waals surface area contributed by atoms with Crippen LogP contribution >= 0.6 is 23.2 Å². The highest BCUT2D eigenvalue weighted by Crippen LogP contribution is 2.29. The van der Waals surface area contributed by atoms with E-state index >= 15 is 0 Å². The average molecular weight is 476 g/mol. The monoisotopic (exact) mass is 475 g/mol. The standard InChI is InChI=1S/C23H19Cl2NO6/c1-30-20-12-14(13-26-17-7-3-15(4-8-17)22(27)28)2-11-19(20)32-23(29)21(25)31-18-9-5-16(24)6-10-18/h2-12,21,26H,13H2,1H3,(H,27,28). The molecule has 32 heavy (non-hydrogen) atoms. The first-order chi connectivity index (χ1) is 15.4. The van der Waals surface area contributed by atoms with Crippen LogP contribution in [0, 0.1) is 0 Å². The van der Waals surface area contributed by atoms with Gasteiger partial charge in [0, 0.05) is 17.3 Å². The molecule has 0 saturated heterocycles. The number of ether oxygens (including phenoxy) is 3. The number of carboxylic acid groups (broad SMARTS) is 1. The van der Waals surface area contributed by atoms with Crippen LogP contribution in [0.15, 0.2) is 66.7 Å². The number of aromatic carboxylic acids is 1. The Kier molecular flexibility index (Phi) is 7.81. The molecule has 1 unspecified atom stereocenters. The highest BCUT2D eigenvalue weighted by molar-refractivity contribution is 6.30. The summed E-state index contributed by atoms with van der Waals surface area (Å²) in [6.45, 7) is 0.439. The number of carbonyl (C=O) groups excluding carboxylic acids is 1. The van der Waals surface area contributed by atoms with Gasteiger partial charge in [-0.05, 0) is 66.2 Å². The molecule has 0 radical (unpaired) electrons. The van der Waals surface area contributed by atoms with Gasteiger partial charge in [-0.1, -0.05) is 29.3 Å². The summed E-state index contributed by atoms with van der Waals surface area (Å²) in [4.78, 5) is 23.2. The largest absolute Gasteiger partial charge is 0.493 e. The number of hydrogen-bond acceptors (Lipinski definition) is 6. The second-order valence-electron chi connectivity index (χ2n) is 6.53. The van der Waals surface area contributed by atoms with Crippen LogP contribution in [-0.2, 0) is 11.3 Å². The summed E-state index contributed by atoms with van der Waals surface area (Å²) in [6.07, 6.45) is 0. The lowest BCUT2D eigenvalue weighted by molar-refractivity contribution is -0.138. The Hall–Kier alpha value is -3.42. The molecule has 9 heteroatoms. The van der Waals surface area contributed by atoms with Crippen molar-refractivity contribution in [2.24, 2.45) is 0 Å². The van der Waals surface area contributed by atoms with Gasteiger partial charge in [0.05, 0.1) is 12.7 Å². The van der Waals surface area contributed by atoms with Crippen LogP contribution in [0.4, 0.5) is 5.69 Å². The fourth-order valence-electron chi connectivity index (χ4n) is 2.68. The van der Waals surface area contributed by atoms with E-state index in [1.165, 1.54) is 19.2 Å². The predicted molar refractivity (Wildman–Crippen MR) is 121 cm³/mol. The molecule has 3 aromatic rings. The maximum atomic E-state index is 12.3. The van der Waals surface area contributed by atoms with E-state index < -0.39 is 17.5 Å². The first kappa shape index (κ1) is 23.2. The quantitative estimate of drug-likeness (QED) is 0.249. The molecule has 0 aromatic heterocycles. The van der Waals surface area contributed by atoms with Gasteiger partial charge < -0.3 is 24.6 Å². The first-order valence-electron chi connectivity index (χ1n) is 9.38. The molecule has 0 aliphatic rings. The van der Waals surface area contributed by atoms with Gasteiger partial charge in [-0.3, -0.25) is 0 Å². The zero-order valence-corrected chi connectivity index (χ0v) is 18.4. The minimum absolute atomic E-state index is 0.192. The number of rotatable bonds is 9. The number of benzene rings is 3. The third-order valence-electron chi connectivity index (χ3n) is 4.31. The van der Waals surface area contributed by atoms with Gasteiger partial charge >= 0.3 is 11.9 Å². The number of esters is 1. The topological polar surface area (TPSA) is 94.1 Å². The van der Waals surface area contributed by atoms with Crippen LogP contribution in [-0.4, -0.2) is 29.7 Å². The van der Waals surface area contributed by atoms with Crippen molar-refractivity contribution in [3.05, 3.63) is 82.9 Å². The smallest absolute Gasteiger partial charge is 0.368 e. The Balaban J connectivity index is 1.60. The van der Waals surface area contributed by atoms with Crippen LogP contribution in [0.5, 0.6) is 17.2 Å². The molecule has 3 rings (SSSR count). The Morgan fingerprint density at radius 1 is 1.00 bits per heavy atom. The lowest BCUT2D eigenvalue weighted by Gasteiger charge is -2.15. The van der Waals surface area contributed by atoms with E-state index in [1.54, 1.807) is 54.6 Å². The molecular weight excluding hydrogens is 457 g/mol. The minimum atomic E-state index is -1.36. The van der Waals surface area contributed by atoms with Crippen molar-refractivity contribution >= 4 is 40.8 Å². The molecule has 0 amide bonds. The Labute approximate surface area is 194 Å². The van der Waals surface area contributed by atoms with Crippen molar-refractivity contribution in [3.8, 4) is 17.2 Å². The van der Waals surface area contributed by atoms with Gasteiger partial charge in [0.25, 0.3) is 5.56 Å². The highest BCUT2D eigenvalue weighted by atomic mass is 35.5. The normalized spacial score (nSPS) is 11.3. The van der Waals surface area contributed by atoms with Crippen molar-refractivity contribution < 1.29 is 28.9 Å². The average Bonchev–Trinajstić information content (AvgIpc) is 2.80. The summed E-state index contributed by atoms with van der Waals surface area (Å²) in [7, 11) is 1.46. The van der Waals surface area contributed by atoms with E-state index in [0.29, 0.717) is 23.1 Å². The number of halogens is 2. The lowest BCUT2D eigenvalue weighted by Crippen LogP contribution is -2.26. The molecule has 7 nitrogen and oxygen atoms in total. The SMILES string of the molecule is COc1cc(CNc2ccc(C(=O)O)cc2)ccc1OC(=O)C(Cl)Oc1ccc(Cl)cc1. The molecule has 3 aromatic carbocycles. The lowest BCUT2D eigenvalue weighted by atomic mass is 10.1. The molecule has 0 aliphatic carbocycles. The maximum absolute atomic E-state index is 12.3. The van der Waals surface area contributed by atoms with Crippen LogP contribution < -0.4 is 19.5 Å². The minimum Gasteiger partial charge on any atom is -0.493 e. The number of anilines is 1. The number of carbonyl (C=O) groups is 2. The van der Waals surface area contributed by atoms with Gasteiger partial charge in [0.2, 0.25) is 0 Å². The summed E-state index contributed by atoms with van der Waals surface area (Å²) in [6, 6.07) is 17.8. The fourth-order valence-corrected chi connectivity index (χ4v) is 2.95. The van der Waals surface area contributed by atoms with Gasteiger partial charge in [0.15, 0.2) is 11.5 Å². The van der Waals surface area contributed by atoms with E-state index in [-0.39, 0.29) is 11.3 Å². The van der Waals surface area contributed by atoms with Gasteiger partial charge in [0.1, 0.15) is 5.75 Å². The molecule has 0 spiro atoms. The number of carboxylic acids is 1. The third kappa shape index (κ3) is 6.29. The van der Waals surface area contributed by atoms with Crippen molar-refractivity contribution in [1.82, 2.24) is 0 Å². The second-order valence-corrected chi connectivity index (χ2v) is 7.36. The highest BCUT2D eigenvalue weighted by Gasteiger charge is 2.21. The van der Waals surface area contributed by atoms with Gasteiger partial charge in [-0.2, -0.15) is 0 Å². The molecule has 0 heterocycles. The Morgan fingerprint density at radius 2 is 1.69 bits per heavy atom. The summed E-state index contributed by atoms with van der Waals surface area (Å²) >= 11 is 11.8. The summed E-state index contributed by atoms with van der Waals surface area (Å²) in [5.74, 6) is -0.878. The van der Waals surface area contributed by atoms with Crippen LogP contribution in [0.1, 0.15) is 15.9 Å². The Bertz CT molecular complexity index is 1090. The summed E-state index contributed by atoms with van der Waals surface area (Å²) in [5, 5.41) is 12.7. The van der Waals surface area contributed by atoms with E-state index in [4.69, 9.17) is 42.5 Å². The van der Waals surface area contributed by atoms with Gasteiger partial charge in [-0.25, -0.2) is 9.59 Å². The number of hydrogen-bond donors (Lipinski definition) is 2. The number of alkyl halides is 1. The van der Waals surface area contributed by atoms with Crippen LogP contribution in [0.25, 0.3) is 0 Å². The van der Waals surface area contributed by atoms with E-state index in [1.807, 2.05) is 0 Å². The van der Waals surface area contributed by atoms with Crippen molar-refractivity contribution in [1.29, 1.82) is 0 Å². The summed E-state index contributed by atoms with van der Waals surface area (Å²) in [5.41, 5.74) is 0.453. The molecule has 0 fully saturated rings. The molecule has 1 atom stereocenters. The van der Waals surface area contributed by atoms with Crippen molar-refractivity contribution in [2.45, 2.75) is 12.1 Å². The number of nitrogens with one attached hydrogen (secondary N) is 1. The second kappa shape index (κ2) is 10.7. The molecule has 0 bridgehead atoms. The first-order valence-corrected chi connectivity index (χ1v) is 10.2. The summed E-state index contributed by atoms with van der Waals surface area (Å²) < 4.78 is 16.0. The molecule has 2 N–H and O–H groups in total. The third-order valence-corrected chi connectivity index (χ3v) is 4.82. The van der Waals surface area contributed by atoms with Crippen LogP contribution in [0.3, 0.4) is 0 Å². The van der Waals surface area contributed by atoms with Crippen LogP contribution in [0.2, 0.25) is 5.02 Å². The Morgan fingerprint density at radius 3 is 2.31 bits per heavy atom. The van der Waals surface area contributed by atoms with Crippen molar-refractivity contribution in [3.63, 3.8) is 0 Å². The molecule has 0 aliphatic heterocycles. The fraction of sp³-hybridized carbons (Fsp3) is 0.130. The zero-order valence-electron chi connectivity index (χ0n) is 16.9. The molecular formula is C23H19Cl2NO6. The molecule has 0 saturated carbocycles. The van der Waals surface area contributed by atoms with E-state index in [9.17, 15) is 9.59 Å². The van der Waals surface area contributed by atoms with Gasteiger partial charge in [-0.15, -0.1) is 0 Å². The maximum Gasteiger partial charge on any atom is 0.368 e. The van der Waals surface area contributed by atoms with Crippen molar-refractivity contribution in [2.75, 3.05) is 12.4 Å². The van der Waals surface area contributed by atoms with E-state index in [2.05, 4.69) is 5.32 Å². The zero-order chi connectivity index (χ0) is 23.1. The molecule has 166 valence electrons.